The van der Waals surface area contributed by atoms with Crippen LogP contribution in [0.1, 0.15) is 28.9 Å². The number of fused-ring (bicyclic) bond motifs is 1. The topological polar surface area (TPSA) is 71.3 Å². The fraction of sp³-hybridized carbons (Fsp3) is 0.200. The van der Waals surface area contributed by atoms with Gasteiger partial charge in [-0.25, -0.2) is 4.79 Å². The zero-order valence-electron chi connectivity index (χ0n) is 14.8. The Morgan fingerprint density at radius 1 is 1.04 bits per heavy atom. The third-order valence-corrected chi connectivity index (χ3v) is 4.86. The van der Waals surface area contributed by atoms with Gasteiger partial charge in [-0.2, -0.15) is 0 Å². The van der Waals surface area contributed by atoms with E-state index in [1.54, 1.807) is 24.3 Å². The molecule has 0 aliphatic heterocycles. The minimum Gasteiger partial charge on any atom is -0.422 e. The highest BCUT2D eigenvalue weighted by atomic mass is 35.6. The molecule has 1 heterocycles. The number of para-hydroxylation sites is 1. The van der Waals surface area contributed by atoms with Crippen molar-refractivity contribution in [1.82, 2.24) is 10.6 Å². The lowest BCUT2D eigenvalue weighted by Gasteiger charge is -2.29. The molecule has 0 fully saturated rings. The SMILES string of the molecule is CC(NC(NC(=O)c1cc2ccccc2oc1=O)C(Cl)(Cl)Cl)c1ccccc1. The van der Waals surface area contributed by atoms with Crippen LogP contribution in [0.15, 0.2) is 69.9 Å². The van der Waals surface area contributed by atoms with Gasteiger partial charge in [-0.05, 0) is 24.6 Å². The normalized spacial score (nSPS) is 13.9. The molecule has 3 aromatic rings. The molecule has 8 heteroatoms. The molecule has 28 heavy (non-hydrogen) atoms. The first-order chi connectivity index (χ1) is 13.3. The number of amides is 1. The first-order valence-electron chi connectivity index (χ1n) is 8.47. The van der Waals surface area contributed by atoms with Crippen molar-refractivity contribution in [2.75, 3.05) is 0 Å². The third-order valence-electron chi connectivity index (χ3n) is 4.21. The predicted molar refractivity (Wildman–Crippen MR) is 112 cm³/mol. The summed E-state index contributed by atoms with van der Waals surface area (Å²) in [5, 5.41) is 6.26. The largest absolute Gasteiger partial charge is 0.422 e. The Bertz CT molecular complexity index is 1030. The summed E-state index contributed by atoms with van der Waals surface area (Å²) >= 11 is 18.1. The van der Waals surface area contributed by atoms with Crippen molar-refractivity contribution in [2.45, 2.75) is 22.9 Å². The summed E-state index contributed by atoms with van der Waals surface area (Å²) in [6, 6.07) is 17.6. The van der Waals surface area contributed by atoms with Crippen LogP contribution in [0, 0.1) is 0 Å². The lowest BCUT2D eigenvalue weighted by atomic mass is 10.1. The van der Waals surface area contributed by atoms with E-state index in [0.717, 1.165) is 5.56 Å². The Balaban J connectivity index is 1.84. The number of halogens is 3. The van der Waals surface area contributed by atoms with E-state index in [0.29, 0.717) is 11.0 Å². The van der Waals surface area contributed by atoms with E-state index in [4.69, 9.17) is 39.2 Å². The molecule has 0 saturated heterocycles. The number of hydrogen-bond donors (Lipinski definition) is 2. The van der Waals surface area contributed by atoms with Gasteiger partial charge in [0.25, 0.3) is 5.91 Å². The summed E-state index contributed by atoms with van der Waals surface area (Å²) in [4.78, 5) is 24.9. The van der Waals surface area contributed by atoms with Crippen molar-refractivity contribution in [3.63, 3.8) is 0 Å². The smallest absolute Gasteiger partial charge is 0.349 e. The van der Waals surface area contributed by atoms with Crippen LogP contribution in [-0.4, -0.2) is 15.9 Å². The van der Waals surface area contributed by atoms with Crippen LogP contribution in [-0.2, 0) is 0 Å². The molecule has 5 nitrogen and oxygen atoms in total. The van der Waals surface area contributed by atoms with Crippen LogP contribution >= 0.6 is 34.8 Å². The van der Waals surface area contributed by atoms with Gasteiger partial charge in [-0.3, -0.25) is 10.1 Å². The number of carbonyl (C=O) groups is 1. The van der Waals surface area contributed by atoms with Gasteiger partial charge in [0.1, 0.15) is 17.3 Å². The van der Waals surface area contributed by atoms with Crippen LogP contribution < -0.4 is 16.3 Å². The Morgan fingerprint density at radius 3 is 2.36 bits per heavy atom. The highest BCUT2D eigenvalue weighted by Gasteiger charge is 2.35. The Hall–Kier alpha value is -2.05. The minimum absolute atomic E-state index is 0.174. The van der Waals surface area contributed by atoms with Crippen LogP contribution in [0.5, 0.6) is 0 Å². The molecular formula is C20H17Cl3N2O3. The van der Waals surface area contributed by atoms with Crippen molar-refractivity contribution in [3.8, 4) is 0 Å². The van der Waals surface area contributed by atoms with Gasteiger partial charge in [-0.15, -0.1) is 0 Å². The van der Waals surface area contributed by atoms with Crippen molar-refractivity contribution in [3.05, 3.63) is 82.2 Å². The number of alkyl halides is 3. The zero-order chi connectivity index (χ0) is 20.3. The molecule has 0 saturated carbocycles. The maximum Gasteiger partial charge on any atom is 0.349 e. The standard InChI is InChI=1S/C20H17Cl3N2O3/c1-12(13-7-3-2-4-8-13)24-19(20(21,22)23)25-17(26)15-11-14-9-5-6-10-16(14)28-18(15)27/h2-12,19,24H,1H3,(H,25,26). The van der Waals surface area contributed by atoms with E-state index < -0.39 is 21.5 Å². The number of benzene rings is 2. The molecule has 0 spiro atoms. The molecule has 1 amide bonds. The minimum atomic E-state index is -1.85. The molecule has 0 aliphatic rings. The first-order valence-corrected chi connectivity index (χ1v) is 9.60. The summed E-state index contributed by atoms with van der Waals surface area (Å²) in [6.45, 7) is 1.87. The molecule has 2 atom stereocenters. The van der Waals surface area contributed by atoms with Crippen LogP contribution in [0.3, 0.4) is 0 Å². The van der Waals surface area contributed by atoms with E-state index in [1.807, 2.05) is 37.3 Å². The van der Waals surface area contributed by atoms with Gasteiger partial charge in [-0.1, -0.05) is 83.3 Å². The molecule has 2 aromatic carbocycles. The van der Waals surface area contributed by atoms with Crippen LogP contribution in [0.4, 0.5) is 0 Å². The maximum atomic E-state index is 12.7. The van der Waals surface area contributed by atoms with Crippen molar-refractivity contribution < 1.29 is 9.21 Å². The highest BCUT2D eigenvalue weighted by Crippen LogP contribution is 2.30. The second-order valence-corrected chi connectivity index (χ2v) is 8.60. The average Bonchev–Trinajstić information content (AvgIpc) is 2.66. The number of carbonyl (C=O) groups excluding carboxylic acids is 1. The lowest BCUT2D eigenvalue weighted by Crippen LogP contribution is -2.54. The third kappa shape index (κ3) is 4.86. The summed E-state index contributed by atoms with van der Waals surface area (Å²) in [5.41, 5.74) is 0.390. The summed E-state index contributed by atoms with van der Waals surface area (Å²) < 4.78 is 3.34. The summed E-state index contributed by atoms with van der Waals surface area (Å²) in [6.07, 6.45) is -1.05. The van der Waals surface area contributed by atoms with Gasteiger partial charge >= 0.3 is 5.63 Å². The fourth-order valence-electron chi connectivity index (χ4n) is 2.74. The molecule has 3 rings (SSSR count). The maximum absolute atomic E-state index is 12.7. The Labute approximate surface area is 176 Å². The fourth-order valence-corrected chi connectivity index (χ4v) is 3.09. The molecule has 0 aliphatic carbocycles. The quantitative estimate of drug-likeness (QED) is 0.347. The van der Waals surface area contributed by atoms with Crippen LogP contribution in [0.25, 0.3) is 11.0 Å². The van der Waals surface area contributed by atoms with E-state index in [9.17, 15) is 9.59 Å². The monoisotopic (exact) mass is 438 g/mol. The molecule has 146 valence electrons. The van der Waals surface area contributed by atoms with Crippen LogP contribution in [0.2, 0.25) is 0 Å². The van der Waals surface area contributed by atoms with E-state index >= 15 is 0 Å². The number of hydrogen-bond acceptors (Lipinski definition) is 4. The van der Waals surface area contributed by atoms with Gasteiger partial charge < -0.3 is 9.73 Å². The second kappa shape index (κ2) is 8.53. The first kappa shape index (κ1) is 20.7. The summed E-state index contributed by atoms with van der Waals surface area (Å²) in [5.74, 6) is -0.705. The van der Waals surface area contributed by atoms with Gasteiger partial charge in [0, 0.05) is 11.4 Å². The predicted octanol–water partition coefficient (Wildman–Crippen LogP) is 4.57. The van der Waals surface area contributed by atoms with Gasteiger partial charge in [0.2, 0.25) is 3.79 Å². The molecule has 1 aromatic heterocycles. The lowest BCUT2D eigenvalue weighted by molar-refractivity contribution is 0.0923. The molecule has 2 N–H and O–H groups in total. The van der Waals surface area contributed by atoms with E-state index in [-0.39, 0.29) is 11.6 Å². The van der Waals surface area contributed by atoms with Crippen molar-refractivity contribution in [1.29, 1.82) is 0 Å². The van der Waals surface area contributed by atoms with Crippen molar-refractivity contribution >= 4 is 51.7 Å². The van der Waals surface area contributed by atoms with Gasteiger partial charge in [0.05, 0.1) is 0 Å². The van der Waals surface area contributed by atoms with E-state index in [2.05, 4.69) is 10.6 Å². The van der Waals surface area contributed by atoms with Crippen molar-refractivity contribution in [2.24, 2.45) is 0 Å². The molecule has 2 unspecified atom stereocenters. The van der Waals surface area contributed by atoms with E-state index in [1.165, 1.54) is 6.07 Å². The highest BCUT2D eigenvalue weighted by molar-refractivity contribution is 6.68. The molecule has 0 bridgehead atoms. The zero-order valence-corrected chi connectivity index (χ0v) is 17.1. The average molecular weight is 440 g/mol. The Kier molecular flexibility index (Phi) is 6.30. The number of rotatable bonds is 5. The van der Waals surface area contributed by atoms with Gasteiger partial charge in [0.15, 0.2) is 0 Å². The number of nitrogens with one attached hydrogen (secondary N) is 2. The second-order valence-electron chi connectivity index (χ2n) is 6.23. The molecule has 0 radical (unpaired) electrons. The summed E-state index contributed by atoms with van der Waals surface area (Å²) in [7, 11) is 0. The molecular weight excluding hydrogens is 423 g/mol. The Morgan fingerprint density at radius 2 is 1.68 bits per heavy atom.